The molecule has 2 nitrogen and oxygen atoms in total. The number of likely N-dealkylation sites (tertiary alicyclic amines) is 1. The summed E-state index contributed by atoms with van der Waals surface area (Å²) in [4.78, 5) is 3.41. The van der Waals surface area contributed by atoms with E-state index in [2.05, 4.69) is 11.8 Å². The summed E-state index contributed by atoms with van der Waals surface area (Å²) in [6.45, 7) is 4.99. The molecule has 1 unspecified atom stereocenters. The van der Waals surface area contributed by atoms with Crippen molar-refractivity contribution < 1.29 is 5.11 Å². The molecule has 0 aromatic carbocycles. The summed E-state index contributed by atoms with van der Waals surface area (Å²) in [6.07, 6.45) is 0.876. The first-order chi connectivity index (χ1) is 6.24. The van der Waals surface area contributed by atoms with Crippen molar-refractivity contribution in [1.29, 1.82) is 0 Å². The van der Waals surface area contributed by atoms with Crippen LogP contribution in [0.1, 0.15) is 18.2 Å². The van der Waals surface area contributed by atoms with Gasteiger partial charge in [0.1, 0.15) is 5.60 Å². The van der Waals surface area contributed by atoms with Crippen molar-refractivity contribution in [3.63, 3.8) is 0 Å². The first-order valence-electron chi connectivity index (χ1n) is 4.73. The topological polar surface area (TPSA) is 23.5 Å². The molecule has 1 aliphatic heterocycles. The minimum atomic E-state index is -0.565. The number of thiophene rings is 1. The number of aliphatic hydroxyl groups is 1. The fraction of sp³-hybridized carbons (Fsp3) is 0.600. The van der Waals surface area contributed by atoms with Crippen LogP contribution in [-0.4, -0.2) is 29.6 Å². The molecule has 0 spiro atoms. The summed E-state index contributed by atoms with van der Waals surface area (Å²) in [5, 5.41) is 12.4. The Bertz CT molecular complexity index is 272. The monoisotopic (exact) mass is 197 g/mol. The highest BCUT2D eigenvalue weighted by atomic mass is 32.1. The predicted octanol–water partition coefficient (Wildman–Crippen LogP) is 1.66. The van der Waals surface area contributed by atoms with Crippen molar-refractivity contribution in [2.24, 2.45) is 0 Å². The van der Waals surface area contributed by atoms with E-state index in [1.54, 1.807) is 11.3 Å². The molecule has 0 amide bonds. The minimum absolute atomic E-state index is 0.565. The Morgan fingerprint density at radius 1 is 1.69 bits per heavy atom. The van der Waals surface area contributed by atoms with Gasteiger partial charge in [-0.2, -0.15) is 0 Å². The van der Waals surface area contributed by atoms with E-state index >= 15 is 0 Å². The highest BCUT2D eigenvalue weighted by Gasteiger charge is 2.37. The second kappa shape index (κ2) is 3.40. The highest BCUT2D eigenvalue weighted by Crippen LogP contribution is 2.34. The second-order valence-corrected chi connectivity index (χ2v) is 4.58. The van der Waals surface area contributed by atoms with E-state index in [0.717, 1.165) is 30.9 Å². The van der Waals surface area contributed by atoms with E-state index < -0.39 is 5.60 Å². The van der Waals surface area contributed by atoms with Gasteiger partial charge in [-0.05, 0) is 24.4 Å². The number of hydrogen-bond acceptors (Lipinski definition) is 3. The van der Waals surface area contributed by atoms with Gasteiger partial charge in [0.15, 0.2) is 0 Å². The molecule has 1 fully saturated rings. The van der Waals surface area contributed by atoms with Gasteiger partial charge >= 0.3 is 0 Å². The lowest BCUT2D eigenvalue weighted by atomic mass is 10.0. The van der Waals surface area contributed by atoms with Crippen LogP contribution in [0, 0.1) is 0 Å². The average molecular weight is 197 g/mol. The highest BCUT2D eigenvalue weighted by molar-refractivity contribution is 7.10. The quantitative estimate of drug-likeness (QED) is 0.779. The van der Waals surface area contributed by atoms with Crippen LogP contribution in [0.5, 0.6) is 0 Å². The summed E-state index contributed by atoms with van der Waals surface area (Å²) in [7, 11) is 0. The number of rotatable bonds is 2. The summed E-state index contributed by atoms with van der Waals surface area (Å²) < 4.78 is 0. The maximum absolute atomic E-state index is 10.3. The maximum atomic E-state index is 10.3. The van der Waals surface area contributed by atoms with Crippen LogP contribution in [0.4, 0.5) is 0 Å². The van der Waals surface area contributed by atoms with Gasteiger partial charge in [0.2, 0.25) is 0 Å². The fourth-order valence-corrected chi connectivity index (χ4v) is 2.73. The molecule has 1 N–H and O–H groups in total. The number of β-amino-alcohol motifs (C(OH)–C–C–N with tert-alkyl or cyclic N) is 1. The van der Waals surface area contributed by atoms with Crippen LogP contribution < -0.4 is 0 Å². The Morgan fingerprint density at radius 2 is 2.54 bits per heavy atom. The summed E-state index contributed by atoms with van der Waals surface area (Å²) >= 11 is 1.65. The second-order valence-electron chi connectivity index (χ2n) is 3.63. The van der Waals surface area contributed by atoms with Crippen molar-refractivity contribution in [2.75, 3.05) is 19.6 Å². The molecule has 2 heterocycles. The largest absolute Gasteiger partial charge is 0.383 e. The maximum Gasteiger partial charge on any atom is 0.113 e. The molecular formula is C10H15NOS. The van der Waals surface area contributed by atoms with Gasteiger partial charge in [-0.3, -0.25) is 0 Å². The summed E-state index contributed by atoms with van der Waals surface area (Å²) in [6, 6.07) is 4.04. The molecule has 0 bridgehead atoms. The van der Waals surface area contributed by atoms with Gasteiger partial charge in [0.25, 0.3) is 0 Å². The molecule has 1 atom stereocenters. The molecule has 13 heavy (non-hydrogen) atoms. The lowest BCUT2D eigenvalue weighted by molar-refractivity contribution is 0.0504. The van der Waals surface area contributed by atoms with Gasteiger partial charge in [-0.25, -0.2) is 0 Å². The third-order valence-corrected chi connectivity index (χ3v) is 3.82. The standard InChI is InChI=1S/C10H15NOS/c1-2-11-6-5-10(12,8-11)9-4-3-7-13-9/h3-4,7,12H,2,5-6,8H2,1H3. The number of nitrogens with zero attached hydrogens (tertiary/aromatic N) is 1. The van der Waals surface area contributed by atoms with Crippen LogP contribution >= 0.6 is 11.3 Å². The predicted molar refractivity (Wildman–Crippen MR) is 54.9 cm³/mol. The lowest BCUT2D eigenvalue weighted by Crippen LogP contribution is -2.29. The molecule has 0 saturated carbocycles. The van der Waals surface area contributed by atoms with E-state index in [1.165, 1.54) is 0 Å². The fourth-order valence-electron chi connectivity index (χ4n) is 1.89. The average Bonchev–Trinajstić information content (AvgIpc) is 2.72. The first-order valence-corrected chi connectivity index (χ1v) is 5.61. The van der Waals surface area contributed by atoms with Crippen LogP contribution in [0.25, 0.3) is 0 Å². The van der Waals surface area contributed by atoms with Crippen LogP contribution in [0.15, 0.2) is 17.5 Å². The van der Waals surface area contributed by atoms with Gasteiger partial charge in [-0.1, -0.05) is 13.0 Å². The van der Waals surface area contributed by atoms with E-state index in [1.807, 2.05) is 17.5 Å². The molecule has 3 heteroatoms. The molecule has 1 aromatic heterocycles. The molecule has 72 valence electrons. The zero-order chi connectivity index (χ0) is 9.31. The molecule has 1 aliphatic rings. The number of likely N-dealkylation sites (N-methyl/N-ethyl adjacent to an activating group) is 1. The Morgan fingerprint density at radius 3 is 3.08 bits per heavy atom. The SMILES string of the molecule is CCN1CCC(O)(c2cccs2)C1. The molecule has 1 aromatic rings. The molecule has 1 saturated heterocycles. The summed E-state index contributed by atoms with van der Waals surface area (Å²) in [5.74, 6) is 0. The Kier molecular flexibility index (Phi) is 2.41. The molecule has 2 rings (SSSR count). The lowest BCUT2D eigenvalue weighted by Gasteiger charge is -2.21. The zero-order valence-corrected chi connectivity index (χ0v) is 8.68. The normalized spacial score (nSPS) is 29.7. The minimum Gasteiger partial charge on any atom is -0.383 e. The Balaban J connectivity index is 2.15. The van der Waals surface area contributed by atoms with Gasteiger partial charge < -0.3 is 10.0 Å². The van der Waals surface area contributed by atoms with E-state index in [-0.39, 0.29) is 0 Å². The third kappa shape index (κ3) is 1.64. The van der Waals surface area contributed by atoms with E-state index in [4.69, 9.17) is 0 Å². The van der Waals surface area contributed by atoms with Crippen molar-refractivity contribution in [3.05, 3.63) is 22.4 Å². The van der Waals surface area contributed by atoms with Crippen LogP contribution in [-0.2, 0) is 5.60 Å². The van der Waals surface area contributed by atoms with E-state index in [9.17, 15) is 5.11 Å². The van der Waals surface area contributed by atoms with Crippen LogP contribution in [0.2, 0.25) is 0 Å². The van der Waals surface area contributed by atoms with Gasteiger partial charge in [-0.15, -0.1) is 11.3 Å². The first kappa shape index (κ1) is 9.19. The summed E-state index contributed by atoms with van der Waals surface area (Å²) in [5.41, 5.74) is -0.565. The van der Waals surface area contributed by atoms with Crippen LogP contribution in [0.3, 0.4) is 0 Å². The molecule has 0 aliphatic carbocycles. The Labute approximate surface area is 82.8 Å². The third-order valence-electron chi connectivity index (χ3n) is 2.75. The Hall–Kier alpha value is -0.380. The smallest absolute Gasteiger partial charge is 0.113 e. The molecular weight excluding hydrogens is 182 g/mol. The van der Waals surface area contributed by atoms with Crippen molar-refractivity contribution in [3.8, 4) is 0 Å². The van der Waals surface area contributed by atoms with Crippen molar-refractivity contribution >= 4 is 11.3 Å². The zero-order valence-electron chi connectivity index (χ0n) is 7.86. The molecule has 0 radical (unpaired) electrons. The van der Waals surface area contributed by atoms with Crippen molar-refractivity contribution in [1.82, 2.24) is 4.90 Å². The number of hydrogen-bond donors (Lipinski definition) is 1. The van der Waals surface area contributed by atoms with Gasteiger partial charge in [0, 0.05) is 18.0 Å². The van der Waals surface area contributed by atoms with Crippen molar-refractivity contribution in [2.45, 2.75) is 18.9 Å². The van der Waals surface area contributed by atoms with Gasteiger partial charge in [0.05, 0.1) is 0 Å². The van der Waals surface area contributed by atoms with E-state index in [0.29, 0.717) is 0 Å².